The monoisotopic (exact) mass is 567 g/mol. The number of aryl methyl sites for hydroxylation is 1. The van der Waals surface area contributed by atoms with Crippen LogP contribution in [0, 0.1) is 0 Å². The van der Waals surface area contributed by atoms with E-state index in [-0.39, 0.29) is 43.1 Å². The zero-order chi connectivity index (χ0) is 29.4. The van der Waals surface area contributed by atoms with E-state index in [0.717, 1.165) is 27.6 Å². The first-order valence-corrected chi connectivity index (χ1v) is 13.9. The summed E-state index contributed by atoms with van der Waals surface area (Å²) in [5.41, 5.74) is 3.63. The van der Waals surface area contributed by atoms with Gasteiger partial charge in [-0.15, -0.1) is 0 Å². The molecule has 2 saturated heterocycles. The molecule has 0 saturated carbocycles. The summed E-state index contributed by atoms with van der Waals surface area (Å²) < 4.78 is 1.79. The number of nitrogens with one attached hydrogen (secondary N) is 1. The number of amides is 4. The summed E-state index contributed by atoms with van der Waals surface area (Å²) in [6.07, 6.45) is 1.35. The van der Waals surface area contributed by atoms with Gasteiger partial charge in [-0.1, -0.05) is 54.6 Å². The highest BCUT2D eigenvalue weighted by Gasteiger charge is 2.50. The lowest BCUT2D eigenvalue weighted by Crippen LogP contribution is -2.76. The molecule has 11 heteroatoms. The summed E-state index contributed by atoms with van der Waals surface area (Å²) >= 11 is 0. The van der Waals surface area contributed by atoms with Crippen molar-refractivity contribution in [2.75, 3.05) is 20.1 Å². The van der Waals surface area contributed by atoms with Crippen LogP contribution >= 0.6 is 0 Å². The zero-order valence-corrected chi connectivity index (χ0v) is 23.6. The van der Waals surface area contributed by atoms with Crippen LogP contribution in [-0.2, 0) is 36.1 Å². The van der Waals surface area contributed by atoms with Crippen molar-refractivity contribution in [2.24, 2.45) is 7.05 Å². The summed E-state index contributed by atoms with van der Waals surface area (Å²) in [6.45, 7) is 0.762. The van der Waals surface area contributed by atoms with Gasteiger partial charge in [0.05, 0.1) is 24.8 Å². The highest BCUT2D eigenvalue weighted by atomic mass is 16.3. The molecule has 0 unspecified atom stereocenters. The minimum Gasteiger partial charge on any atom is -0.508 e. The fourth-order valence-corrected chi connectivity index (χ4v) is 5.87. The van der Waals surface area contributed by atoms with E-state index in [0.29, 0.717) is 13.1 Å². The van der Waals surface area contributed by atoms with E-state index in [9.17, 15) is 19.5 Å². The lowest BCUT2D eigenvalue weighted by molar-refractivity contribution is -0.187. The molecule has 2 atom stereocenters. The third-order valence-corrected chi connectivity index (χ3v) is 7.99. The van der Waals surface area contributed by atoms with Crippen LogP contribution in [0.25, 0.3) is 10.9 Å². The first-order valence-electron chi connectivity index (χ1n) is 13.9. The smallest absolute Gasteiger partial charge is 0.334 e. The highest BCUT2D eigenvalue weighted by molar-refractivity contribution is 5.92. The van der Waals surface area contributed by atoms with Gasteiger partial charge >= 0.3 is 6.03 Å². The van der Waals surface area contributed by atoms with Crippen LogP contribution in [0.3, 0.4) is 0 Å². The second-order valence-electron chi connectivity index (χ2n) is 10.9. The Morgan fingerprint density at radius 2 is 1.71 bits per heavy atom. The van der Waals surface area contributed by atoms with E-state index >= 15 is 0 Å². The Bertz CT molecular complexity index is 1620. The number of aromatic nitrogens is 2. The number of piperazine rings is 1. The predicted octanol–water partition coefficient (Wildman–Crippen LogP) is 2.46. The summed E-state index contributed by atoms with van der Waals surface area (Å²) in [6, 6.07) is 21.0. The van der Waals surface area contributed by atoms with Crippen LogP contribution in [0.2, 0.25) is 0 Å². The molecule has 42 heavy (non-hydrogen) atoms. The second-order valence-corrected chi connectivity index (χ2v) is 10.9. The van der Waals surface area contributed by atoms with Gasteiger partial charge in [-0.2, -0.15) is 5.10 Å². The topological polar surface area (TPSA) is 114 Å². The van der Waals surface area contributed by atoms with Gasteiger partial charge in [0.1, 0.15) is 18.0 Å². The molecule has 0 bridgehead atoms. The first kappa shape index (κ1) is 27.3. The van der Waals surface area contributed by atoms with E-state index < -0.39 is 12.2 Å². The van der Waals surface area contributed by atoms with Crippen LogP contribution < -0.4 is 5.32 Å². The molecule has 4 amide bonds. The maximum absolute atomic E-state index is 14.1. The van der Waals surface area contributed by atoms with Gasteiger partial charge in [-0.3, -0.25) is 14.3 Å². The minimum atomic E-state index is -0.820. The van der Waals surface area contributed by atoms with E-state index in [4.69, 9.17) is 0 Å². The quantitative estimate of drug-likeness (QED) is 0.370. The molecule has 2 aliphatic rings. The fourth-order valence-electron chi connectivity index (χ4n) is 5.87. The molecule has 6 rings (SSSR count). The maximum atomic E-state index is 14.1. The van der Waals surface area contributed by atoms with Crippen molar-refractivity contribution in [3.05, 3.63) is 95.7 Å². The Balaban J connectivity index is 1.32. The lowest BCUT2D eigenvalue weighted by atomic mass is 9.98. The van der Waals surface area contributed by atoms with Crippen molar-refractivity contribution in [1.82, 2.24) is 34.9 Å². The zero-order valence-electron chi connectivity index (χ0n) is 23.6. The standard InChI is InChI=1S/C31H33N7O4/c1-34-20-29(40)37-27(14-21-9-12-25(39)13-10-21)30(41)36(18-23-8-11-24-17-33-35(2)26(24)15-23)19-28(37)38(34)31(42)32-16-22-6-4-3-5-7-22/h3-13,15,17,27-28,39H,14,16,18-20H2,1-2H3,(H,32,42)/t27-,28-/m0/s1. The van der Waals surface area contributed by atoms with Gasteiger partial charge < -0.3 is 20.2 Å². The van der Waals surface area contributed by atoms with Crippen molar-refractivity contribution < 1.29 is 19.5 Å². The maximum Gasteiger partial charge on any atom is 0.334 e. The second kappa shape index (κ2) is 11.2. The van der Waals surface area contributed by atoms with Crippen molar-refractivity contribution in [1.29, 1.82) is 0 Å². The number of hydrogen-bond acceptors (Lipinski definition) is 6. The molecule has 3 heterocycles. The van der Waals surface area contributed by atoms with Crippen LogP contribution in [0.1, 0.15) is 16.7 Å². The minimum absolute atomic E-state index is 0.0359. The Hall–Kier alpha value is -4.90. The summed E-state index contributed by atoms with van der Waals surface area (Å²) in [7, 11) is 3.59. The highest BCUT2D eigenvalue weighted by Crippen LogP contribution is 2.29. The third-order valence-electron chi connectivity index (χ3n) is 7.99. The van der Waals surface area contributed by atoms with Gasteiger partial charge in [0.2, 0.25) is 11.8 Å². The van der Waals surface area contributed by atoms with Gasteiger partial charge in [0, 0.05) is 39.0 Å². The molecular formula is C31H33N7O4. The Kier molecular flexibility index (Phi) is 7.26. The Labute approximate surface area is 243 Å². The van der Waals surface area contributed by atoms with Gasteiger partial charge in [0.15, 0.2) is 0 Å². The number of carbonyl (C=O) groups is 3. The number of fused-ring (bicyclic) bond motifs is 2. The van der Waals surface area contributed by atoms with Crippen LogP contribution in [-0.4, -0.2) is 84.9 Å². The van der Waals surface area contributed by atoms with E-state index in [2.05, 4.69) is 10.4 Å². The van der Waals surface area contributed by atoms with Crippen molar-refractivity contribution in [3.63, 3.8) is 0 Å². The molecule has 3 aromatic carbocycles. The number of hydrazine groups is 1. The lowest BCUT2D eigenvalue weighted by Gasteiger charge is -2.54. The number of carbonyl (C=O) groups excluding carboxylic acids is 3. The molecule has 11 nitrogen and oxygen atoms in total. The molecule has 0 radical (unpaired) electrons. The third kappa shape index (κ3) is 5.26. The number of rotatable bonds is 6. The summed E-state index contributed by atoms with van der Waals surface area (Å²) in [5.74, 6) is -0.287. The molecule has 0 aliphatic carbocycles. The van der Waals surface area contributed by atoms with Crippen molar-refractivity contribution >= 4 is 28.7 Å². The fraction of sp³-hybridized carbons (Fsp3) is 0.290. The van der Waals surface area contributed by atoms with Crippen molar-refractivity contribution in [3.8, 4) is 5.75 Å². The molecule has 2 aliphatic heterocycles. The number of likely N-dealkylation sites (N-methyl/N-ethyl adjacent to an activating group) is 1. The molecule has 2 N–H and O–H groups in total. The molecule has 1 aromatic heterocycles. The van der Waals surface area contributed by atoms with E-state index in [1.54, 1.807) is 62.0 Å². The van der Waals surface area contributed by atoms with Gasteiger partial charge in [0.25, 0.3) is 0 Å². The SMILES string of the molecule is CN1CC(=O)N2[C@@H](Cc3ccc(O)cc3)C(=O)N(Cc3ccc4cnn(C)c4c3)C[C@@H]2N1C(=O)NCc1ccccc1. The molecule has 216 valence electrons. The van der Waals surface area contributed by atoms with Crippen LogP contribution in [0.15, 0.2) is 79.0 Å². The normalized spacial score (nSPS) is 19.3. The predicted molar refractivity (Wildman–Crippen MR) is 156 cm³/mol. The average molecular weight is 568 g/mol. The number of hydrogen-bond donors (Lipinski definition) is 2. The number of urea groups is 1. The number of phenolic OH excluding ortho intramolecular Hbond substituents is 1. The number of benzene rings is 3. The van der Waals surface area contributed by atoms with Gasteiger partial charge in [-0.05, 0) is 34.9 Å². The van der Waals surface area contributed by atoms with Gasteiger partial charge in [-0.25, -0.2) is 14.8 Å². The first-order chi connectivity index (χ1) is 20.3. The molecule has 0 spiro atoms. The number of phenols is 1. The van der Waals surface area contributed by atoms with Crippen molar-refractivity contribution in [2.45, 2.75) is 31.7 Å². The molecule has 4 aromatic rings. The Morgan fingerprint density at radius 1 is 0.976 bits per heavy atom. The Morgan fingerprint density at radius 3 is 2.48 bits per heavy atom. The molecular weight excluding hydrogens is 534 g/mol. The largest absolute Gasteiger partial charge is 0.508 e. The van der Waals surface area contributed by atoms with Crippen LogP contribution in [0.4, 0.5) is 4.79 Å². The summed E-state index contributed by atoms with van der Waals surface area (Å²) in [4.78, 5) is 44.5. The van der Waals surface area contributed by atoms with E-state index in [1.165, 1.54) is 0 Å². The molecule has 2 fully saturated rings. The summed E-state index contributed by atoms with van der Waals surface area (Å²) in [5, 5.41) is 21.3. The average Bonchev–Trinajstić information content (AvgIpc) is 3.35. The van der Waals surface area contributed by atoms with Crippen LogP contribution in [0.5, 0.6) is 5.75 Å². The number of aromatic hydroxyl groups is 1. The number of nitrogens with zero attached hydrogens (tertiary/aromatic N) is 6. The van der Waals surface area contributed by atoms with E-state index in [1.807, 2.05) is 55.6 Å².